The number of carbonyl (C=O) groups excluding carboxylic acids is 2. The molecule has 3 rings (SSSR count). The molecular formula is C19H17ClN4O3. The van der Waals surface area contributed by atoms with Crippen LogP contribution in [0.2, 0.25) is 5.02 Å². The van der Waals surface area contributed by atoms with Crippen LogP contribution in [-0.2, 0) is 16.6 Å². The minimum absolute atomic E-state index is 0.0510. The van der Waals surface area contributed by atoms with Gasteiger partial charge in [0.05, 0.1) is 16.2 Å². The number of amides is 2. The molecule has 0 saturated heterocycles. The number of rotatable bonds is 5. The third-order valence-corrected chi connectivity index (χ3v) is 4.36. The highest BCUT2D eigenvalue weighted by Crippen LogP contribution is 2.37. The lowest BCUT2D eigenvalue weighted by molar-refractivity contribution is -0.122. The zero-order chi connectivity index (χ0) is 19.4. The van der Waals surface area contributed by atoms with Crippen LogP contribution in [-0.4, -0.2) is 21.5 Å². The van der Waals surface area contributed by atoms with E-state index in [9.17, 15) is 14.7 Å². The van der Waals surface area contributed by atoms with Gasteiger partial charge in [0.2, 0.25) is 11.8 Å². The lowest BCUT2D eigenvalue weighted by Crippen LogP contribution is -2.13. The van der Waals surface area contributed by atoms with Crippen LogP contribution in [0.3, 0.4) is 0 Å². The highest BCUT2D eigenvalue weighted by atomic mass is 35.5. The molecule has 8 heteroatoms. The summed E-state index contributed by atoms with van der Waals surface area (Å²) in [4.78, 5) is 23.9. The van der Waals surface area contributed by atoms with E-state index in [-0.39, 0.29) is 30.3 Å². The monoisotopic (exact) mass is 384 g/mol. The number of halogens is 1. The molecule has 0 unspecified atom stereocenters. The molecule has 1 heterocycles. The summed E-state index contributed by atoms with van der Waals surface area (Å²) in [6, 6.07) is 14.1. The van der Waals surface area contributed by atoms with Gasteiger partial charge >= 0.3 is 0 Å². The van der Waals surface area contributed by atoms with Crippen LogP contribution in [0.4, 0.5) is 11.4 Å². The number of azo groups is 1. The summed E-state index contributed by atoms with van der Waals surface area (Å²) in [6.45, 7) is 0. The second-order valence-electron chi connectivity index (χ2n) is 5.87. The minimum Gasteiger partial charge on any atom is -0.493 e. The Hall–Kier alpha value is -3.19. The van der Waals surface area contributed by atoms with Crippen molar-refractivity contribution in [3.63, 3.8) is 0 Å². The van der Waals surface area contributed by atoms with Crippen molar-refractivity contribution in [3.05, 3.63) is 53.6 Å². The van der Waals surface area contributed by atoms with Gasteiger partial charge in [-0.3, -0.25) is 9.59 Å². The molecule has 0 aliphatic carbocycles. The second-order valence-corrected chi connectivity index (χ2v) is 6.28. The predicted octanol–water partition coefficient (Wildman–Crippen LogP) is 4.57. The first-order valence-electron chi connectivity index (χ1n) is 8.22. The highest BCUT2D eigenvalue weighted by molar-refractivity contribution is 6.33. The Bertz CT molecular complexity index is 1040. The number of aromatic nitrogens is 1. The summed E-state index contributed by atoms with van der Waals surface area (Å²) >= 11 is 5.97. The van der Waals surface area contributed by atoms with E-state index in [0.717, 1.165) is 5.52 Å². The molecule has 2 N–H and O–H groups in total. The van der Waals surface area contributed by atoms with Crippen LogP contribution < -0.4 is 5.32 Å². The van der Waals surface area contributed by atoms with Crippen LogP contribution >= 0.6 is 11.6 Å². The van der Waals surface area contributed by atoms with Crippen molar-refractivity contribution in [2.24, 2.45) is 17.3 Å². The van der Waals surface area contributed by atoms with Gasteiger partial charge in [0, 0.05) is 25.3 Å². The maximum absolute atomic E-state index is 11.9. The summed E-state index contributed by atoms with van der Waals surface area (Å²) in [6.07, 6.45) is -0.157. The smallest absolute Gasteiger partial charge is 0.265 e. The van der Waals surface area contributed by atoms with Crippen molar-refractivity contribution in [2.75, 3.05) is 5.32 Å². The van der Waals surface area contributed by atoms with Gasteiger partial charge in [-0.2, -0.15) is 0 Å². The molecule has 3 aromatic rings. The number of hydrogen-bond acceptors (Lipinski definition) is 4. The van der Waals surface area contributed by atoms with Crippen molar-refractivity contribution in [2.45, 2.75) is 12.8 Å². The number of carbonyl (C=O) groups is 2. The Balaban J connectivity index is 1.62. The molecule has 2 aromatic carbocycles. The minimum atomic E-state index is -0.559. The van der Waals surface area contributed by atoms with E-state index >= 15 is 0 Å². The molecule has 0 fully saturated rings. The maximum Gasteiger partial charge on any atom is 0.265 e. The average molecular weight is 385 g/mol. The normalized spacial score (nSPS) is 11.2. The molecule has 0 aliphatic rings. The van der Waals surface area contributed by atoms with Crippen molar-refractivity contribution >= 4 is 45.7 Å². The zero-order valence-electron chi connectivity index (χ0n) is 14.5. The molecule has 27 heavy (non-hydrogen) atoms. The molecular weight excluding hydrogens is 368 g/mol. The largest absolute Gasteiger partial charge is 0.493 e. The number of aromatic hydroxyl groups is 1. The third-order valence-electron chi connectivity index (χ3n) is 4.03. The predicted molar refractivity (Wildman–Crippen MR) is 103 cm³/mol. The standard InChI is InChI=1S/C19H17ClN4O3/c1-24-15-9-5-2-6-12(15)18(19(24)27)23-22-17(26)11-10-16(25)21-14-8-4-3-7-13(14)20/h2-9,27H,10-11H2,1H3,(H,21,25). The molecule has 0 bridgehead atoms. The fraction of sp³-hybridized carbons (Fsp3) is 0.158. The number of hydrogen-bond donors (Lipinski definition) is 2. The fourth-order valence-corrected chi connectivity index (χ4v) is 2.79. The van der Waals surface area contributed by atoms with E-state index in [2.05, 4.69) is 15.5 Å². The van der Waals surface area contributed by atoms with Crippen LogP contribution in [0.15, 0.2) is 58.8 Å². The first-order valence-corrected chi connectivity index (χ1v) is 8.60. The molecule has 0 radical (unpaired) electrons. The van der Waals surface area contributed by atoms with Crippen LogP contribution in [0.25, 0.3) is 10.9 Å². The van der Waals surface area contributed by atoms with Crippen molar-refractivity contribution in [3.8, 4) is 5.88 Å². The quantitative estimate of drug-likeness (QED) is 0.631. The molecule has 138 valence electrons. The van der Waals surface area contributed by atoms with Gasteiger partial charge in [-0.1, -0.05) is 41.9 Å². The lowest BCUT2D eigenvalue weighted by atomic mass is 10.2. The summed E-state index contributed by atoms with van der Waals surface area (Å²) in [5.41, 5.74) is 1.48. The summed E-state index contributed by atoms with van der Waals surface area (Å²) < 4.78 is 1.56. The van der Waals surface area contributed by atoms with Gasteiger partial charge in [0.1, 0.15) is 0 Å². The first-order chi connectivity index (χ1) is 13.0. The van der Waals surface area contributed by atoms with Crippen LogP contribution in [0, 0.1) is 0 Å². The molecule has 0 spiro atoms. The van der Waals surface area contributed by atoms with Gasteiger partial charge in [-0.25, -0.2) is 0 Å². The second kappa shape index (κ2) is 8.01. The molecule has 2 amide bonds. The number of fused-ring (bicyclic) bond motifs is 1. The fourth-order valence-electron chi connectivity index (χ4n) is 2.61. The van der Waals surface area contributed by atoms with Gasteiger partial charge in [0.25, 0.3) is 5.91 Å². The Morgan fingerprint density at radius 2 is 1.81 bits per heavy atom. The summed E-state index contributed by atoms with van der Waals surface area (Å²) in [7, 11) is 1.69. The summed E-state index contributed by atoms with van der Waals surface area (Å²) in [5.74, 6) is -0.986. The first kappa shape index (κ1) is 18.6. The van der Waals surface area contributed by atoms with E-state index in [1.807, 2.05) is 18.2 Å². The highest BCUT2D eigenvalue weighted by Gasteiger charge is 2.14. The van der Waals surface area contributed by atoms with Crippen molar-refractivity contribution in [1.82, 2.24) is 4.57 Å². The van der Waals surface area contributed by atoms with E-state index in [4.69, 9.17) is 11.6 Å². The Morgan fingerprint density at radius 3 is 2.59 bits per heavy atom. The average Bonchev–Trinajstić information content (AvgIpc) is 2.91. The van der Waals surface area contributed by atoms with E-state index < -0.39 is 5.91 Å². The molecule has 0 aliphatic heterocycles. The Labute approximate surface area is 160 Å². The lowest BCUT2D eigenvalue weighted by Gasteiger charge is -2.05. The summed E-state index contributed by atoms with van der Waals surface area (Å²) in [5, 5.41) is 21.4. The number of nitrogens with zero attached hydrogens (tertiary/aromatic N) is 3. The molecule has 0 atom stereocenters. The van der Waals surface area contributed by atoms with Gasteiger partial charge in [0.15, 0.2) is 5.69 Å². The van der Waals surface area contributed by atoms with E-state index in [0.29, 0.717) is 16.1 Å². The van der Waals surface area contributed by atoms with E-state index in [1.54, 1.807) is 41.9 Å². The zero-order valence-corrected chi connectivity index (χ0v) is 15.3. The van der Waals surface area contributed by atoms with Crippen molar-refractivity contribution < 1.29 is 14.7 Å². The van der Waals surface area contributed by atoms with Crippen LogP contribution in [0.5, 0.6) is 5.88 Å². The molecule has 0 saturated carbocycles. The number of anilines is 1. The van der Waals surface area contributed by atoms with E-state index in [1.165, 1.54) is 0 Å². The topological polar surface area (TPSA) is 96.0 Å². The number of nitrogens with one attached hydrogen (secondary N) is 1. The van der Waals surface area contributed by atoms with Gasteiger partial charge in [-0.15, -0.1) is 10.2 Å². The third kappa shape index (κ3) is 4.15. The number of aryl methyl sites for hydroxylation is 1. The van der Waals surface area contributed by atoms with Crippen molar-refractivity contribution in [1.29, 1.82) is 0 Å². The van der Waals surface area contributed by atoms with Gasteiger partial charge < -0.3 is 15.0 Å². The SMILES string of the molecule is Cn1c(O)c(N=NC(=O)CCC(=O)Nc2ccccc2Cl)c2ccccc21. The number of benzene rings is 2. The Kier molecular flexibility index (Phi) is 5.52. The number of para-hydroxylation sites is 2. The van der Waals surface area contributed by atoms with Crippen LogP contribution in [0.1, 0.15) is 12.8 Å². The Morgan fingerprint density at radius 1 is 1.11 bits per heavy atom. The molecule has 7 nitrogen and oxygen atoms in total. The molecule has 1 aromatic heterocycles. The maximum atomic E-state index is 11.9. The van der Waals surface area contributed by atoms with Gasteiger partial charge in [-0.05, 0) is 18.2 Å².